The Kier molecular flexibility index (Phi) is 5.05. The number of aliphatic hydroxyl groups excluding tert-OH is 1. The third kappa shape index (κ3) is 3.18. The van der Waals surface area contributed by atoms with Gasteiger partial charge in [0.2, 0.25) is 0 Å². The predicted octanol–water partition coefficient (Wildman–Crippen LogP) is 2.36. The summed E-state index contributed by atoms with van der Waals surface area (Å²) in [6.45, 7) is 5.85. The molecule has 0 unspecified atom stereocenters. The third-order valence-corrected chi connectivity index (χ3v) is 3.21. The molecule has 0 spiro atoms. The van der Waals surface area contributed by atoms with E-state index in [4.69, 9.17) is 5.11 Å². The first-order valence-electron chi connectivity index (χ1n) is 5.17. The highest BCUT2D eigenvalue weighted by Gasteiger charge is 2.11. The Bertz CT molecular complexity index is 311. The maximum absolute atomic E-state index is 9.00. The Labute approximate surface area is 99.3 Å². The lowest BCUT2D eigenvalue weighted by atomic mass is 10.3. The summed E-state index contributed by atoms with van der Waals surface area (Å²) in [6.07, 6.45) is 2.84. The molecule has 84 valence electrons. The zero-order valence-corrected chi connectivity index (χ0v) is 10.8. The van der Waals surface area contributed by atoms with E-state index in [1.54, 1.807) is 6.20 Å². The lowest BCUT2D eigenvalue weighted by Crippen LogP contribution is -2.28. The Morgan fingerprint density at radius 3 is 2.80 bits per heavy atom. The first-order valence-corrected chi connectivity index (χ1v) is 5.97. The van der Waals surface area contributed by atoms with Gasteiger partial charge in [-0.1, -0.05) is 6.92 Å². The number of aryl methyl sites for hydroxylation is 1. The normalized spacial score (nSPS) is 10.4. The second-order valence-electron chi connectivity index (χ2n) is 3.48. The van der Waals surface area contributed by atoms with Crippen LogP contribution in [0.2, 0.25) is 0 Å². The Hall–Kier alpha value is -0.610. The average Bonchev–Trinajstić information content (AvgIpc) is 2.22. The van der Waals surface area contributed by atoms with Gasteiger partial charge in [0, 0.05) is 19.3 Å². The van der Waals surface area contributed by atoms with Gasteiger partial charge in [0.25, 0.3) is 0 Å². The molecule has 0 amide bonds. The molecule has 0 fully saturated rings. The van der Waals surface area contributed by atoms with Crippen LogP contribution in [0.5, 0.6) is 0 Å². The molecule has 0 radical (unpaired) electrons. The summed E-state index contributed by atoms with van der Waals surface area (Å²) in [7, 11) is 0. The van der Waals surface area contributed by atoms with E-state index < -0.39 is 0 Å². The van der Waals surface area contributed by atoms with Crippen molar-refractivity contribution in [2.75, 3.05) is 24.6 Å². The smallest absolute Gasteiger partial charge is 0.143 e. The van der Waals surface area contributed by atoms with Crippen molar-refractivity contribution < 1.29 is 5.11 Å². The predicted molar refractivity (Wildman–Crippen MR) is 66.3 cm³/mol. The van der Waals surface area contributed by atoms with Crippen LogP contribution >= 0.6 is 15.9 Å². The van der Waals surface area contributed by atoms with Gasteiger partial charge in [-0.15, -0.1) is 0 Å². The molecule has 1 aromatic heterocycles. The lowest BCUT2D eigenvalue weighted by Gasteiger charge is -2.23. The Balaban J connectivity index is 2.94. The van der Waals surface area contributed by atoms with Crippen molar-refractivity contribution in [2.45, 2.75) is 20.3 Å². The maximum Gasteiger partial charge on any atom is 0.143 e. The van der Waals surface area contributed by atoms with Crippen LogP contribution in [0, 0.1) is 6.92 Å². The van der Waals surface area contributed by atoms with Gasteiger partial charge in [0.15, 0.2) is 0 Å². The SMILES string of the molecule is CCCN(CCO)c1nccc(C)c1Br. The summed E-state index contributed by atoms with van der Waals surface area (Å²) in [4.78, 5) is 6.44. The summed E-state index contributed by atoms with van der Waals surface area (Å²) < 4.78 is 1.02. The first kappa shape index (κ1) is 12.5. The van der Waals surface area contributed by atoms with Crippen molar-refractivity contribution in [1.82, 2.24) is 4.98 Å². The molecule has 0 aliphatic heterocycles. The fraction of sp³-hybridized carbons (Fsp3) is 0.545. The minimum atomic E-state index is 0.155. The number of aromatic nitrogens is 1. The molecule has 0 bridgehead atoms. The van der Waals surface area contributed by atoms with Gasteiger partial charge in [-0.25, -0.2) is 4.98 Å². The number of nitrogens with zero attached hydrogens (tertiary/aromatic N) is 2. The average molecular weight is 273 g/mol. The molecule has 0 saturated heterocycles. The number of halogens is 1. The number of pyridine rings is 1. The standard InChI is InChI=1S/C11H17BrN2O/c1-3-6-14(7-8-15)11-10(12)9(2)4-5-13-11/h4-5,15H,3,6-8H2,1-2H3. The Morgan fingerprint density at radius 1 is 1.47 bits per heavy atom. The van der Waals surface area contributed by atoms with Crippen LogP contribution < -0.4 is 4.90 Å². The molecule has 0 aliphatic carbocycles. The van der Waals surface area contributed by atoms with Crippen molar-refractivity contribution in [1.29, 1.82) is 0 Å². The van der Waals surface area contributed by atoms with Gasteiger partial charge in [-0.2, -0.15) is 0 Å². The van der Waals surface area contributed by atoms with Crippen LogP contribution in [-0.4, -0.2) is 29.8 Å². The van der Waals surface area contributed by atoms with Crippen molar-refractivity contribution in [3.05, 3.63) is 22.3 Å². The van der Waals surface area contributed by atoms with E-state index in [0.29, 0.717) is 6.54 Å². The molecule has 0 saturated carbocycles. The molecule has 0 atom stereocenters. The van der Waals surface area contributed by atoms with Gasteiger partial charge in [0.1, 0.15) is 5.82 Å². The lowest BCUT2D eigenvalue weighted by molar-refractivity contribution is 0.301. The first-order chi connectivity index (χ1) is 7.20. The molecule has 1 heterocycles. The number of rotatable bonds is 5. The monoisotopic (exact) mass is 272 g/mol. The number of hydrogen-bond acceptors (Lipinski definition) is 3. The number of hydrogen-bond donors (Lipinski definition) is 1. The van der Waals surface area contributed by atoms with Crippen molar-refractivity contribution in [2.24, 2.45) is 0 Å². The highest BCUT2D eigenvalue weighted by Crippen LogP contribution is 2.26. The number of aliphatic hydroxyl groups is 1. The molecular formula is C11H17BrN2O. The molecule has 4 heteroatoms. The summed E-state index contributed by atoms with van der Waals surface area (Å²) >= 11 is 3.53. The second kappa shape index (κ2) is 6.08. The maximum atomic E-state index is 9.00. The quantitative estimate of drug-likeness (QED) is 0.894. The van der Waals surface area contributed by atoms with Gasteiger partial charge in [-0.3, -0.25) is 0 Å². The van der Waals surface area contributed by atoms with Crippen LogP contribution in [0.15, 0.2) is 16.7 Å². The summed E-state index contributed by atoms with van der Waals surface area (Å²) in [6, 6.07) is 1.97. The van der Waals surface area contributed by atoms with E-state index in [0.717, 1.165) is 23.3 Å². The third-order valence-electron chi connectivity index (χ3n) is 2.23. The van der Waals surface area contributed by atoms with Crippen molar-refractivity contribution >= 4 is 21.7 Å². The van der Waals surface area contributed by atoms with Gasteiger partial charge >= 0.3 is 0 Å². The molecule has 0 aromatic carbocycles. The minimum absolute atomic E-state index is 0.155. The summed E-state index contributed by atoms with van der Waals surface area (Å²) in [5.41, 5.74) is 1.17. The fourth-order valence-electron chi connectivity index (χ4n) is 1.46. The highest BCUT2D eigenvalue weighted by molar-refractivity contribution is 9.10. The fourth-order valence-corrected chi connectivity index (χ4v) is 1.95. The number of anilines is 1. The van der Waals surface area contributed by atoms with Gasteiger partial charge in [0.05, 0.1) is 11.1 Å². The highest BCUT2D eigenvalue weighted by atomic mass is 79.9. The van der Waals surface area contributed by atoms with E-state index in [1.807, 2.05) is 13.0 Å². The van der Waals surface area contributed by atoms with E-state index in [1.165, 1.54) is 5.56 Å². The van der Waals surface area contributed by atoms with E-state index in [9.17, 15) is 0 Å². The largest absolute Gasteiger partial charge is 0.395 e. The second-order valence-corrected chi connectivity index (χ2v) is 4.27. The van der Waals surface area contributed by atoms with Crippen LogP contribution in [0.25, 0.3) is 0 Å². The molecule has 3 nitrogen and oxygen atoms in total. The molecule has 1 rings (SSSR count). The van der Waals surface area contributed by atoms with Crippen LogP contribution in [0.3, 0.4) is 0 Å². The Morgan fingerprint density at radius 2 is 2.20 bits per heavy atom. The summed E-state index contributed by atoms with van der Waals surface area (Å²) in [5, 5.41) is 9.00. The summed E-state index contributed by atoms with van der Waals surface area (Å²) in [5.74, 6) is 0.922. The topological polar surface area (TPSA) is 36.4 Å². The van der Waals surface area contributed by atoms with E-state index in [-0.39, 0.29) is 6.61 Å². The minimum Gasteiger partial charge on any atom is -0.395 e. The van der Waals surface area contributed by atoms with Gasteiger partial charge < -0.3 is 10.0 Å². The molecule has 15 heavy (non-hydrogen) atoms. The van der Waals surface area contributed by atoms with E-state index in [2.05, 4.69) is 32.7 Å². The van der Waals surface area contributed by atoms with Crippen LogP contribution in [0.1, 0.15) is 18.9 Å². The van der Waals surface area contributed by atoms with Crippen LogP contribution in [0.4, 0.5) is 5.82 Å². The zero-order valence-electron chi connectivity index (χ0n) is 9.20. The van der Waals surface area contributed by atoms with Crippen molar-refractivity contribution in [3.8, 4) is 0 Å². The van der Waals surface area contributed by atoms with Gasteiger partial charge in [-0.05, 0) is 40.9 Å². The molecular weight excluding hydrogens is 256 g/mol. The van der Waals surface area contributed by atoms with E-state index >= 15 is 0 Å². The van der Waals surface area contributed by atoms with Crippen LogP contribution in [-0.2, 0) is 0 Å². The molecule has 1 aromatic rings. The zero-order chi connectivity index (χ0) is 11.3. The molecule has 0 aliphatic rings. The van der Waals surface area contributed by atoms with Crippen molar-refractivity contribution in [3.63, 3.8) is 0 Å². The molecule has 1 N–H and O–H groups in total.